The molecule has 1 fully saturated rings. The molecule has 1 aliphatic carbocycles. The molecule has 5 rings (SSSR count). The quantitative estimate of drug-likeness (QED) is 0.421. The van der Waals surface area contributed by atoms with Crippen LogP contribution in [0.4, 0.5) is 5.69 Å². The Balaban J connectivity index is 1.34. The van der Waals surface area contributed by atoms with Crippen molar-refractivity contribution in [3.8, 4) is 11.4 Å². The first-order valence-electron chi connectivity index (χ1n) is 11.8. The van der Waals surface area contributed by atoms with Gasteiger partial charge < -0.3 is 10.3 Å². The van der Waals surface area contributed by atoms with Gasteiger partial charge in [-0.3, -0.25) is 19.3 Å². The first-order valence-corrected chi connectivity index (χ1v) is 11.8. The third kappa shape index (κ3) is 4.02. The molecule has 1 saturated heterocycles. The number of aromatic nitrogens is 2. The third-order valence-electron chi connectivity index (χ3n) is 6.67. The Kier molecular flexibility index (Phi) is 5.77. The first kappa shape index (κ1) is 22.1. The zero-order valence-corrected chi connectivity index (χ0v) is 19.3. The number of fused-ring (bicyclic) bond motifs is 2. The highest BCUT2D eigenvalue weighted by molar-refractivity contribution is 6.10. The summed E-state index contributed by atoms with van der Waals surface area (Å²) in [5, 5.41) is 2.92. The number of imide groups is 1. The average Bonchev–Trinajstić information content (AvgIpc) is 3.37. The molecule has 3 amide bonds. The lowest BCUT2D eigenvalue weighted by atomic mass is 9.85. The van der Waals surface area contributed by atoms with Crippen LogP contribution in [0, 0.1) is 17.8 Å². The van der Waals surface area contributed by atoms with Crippen LogP contribution in [0.2, 0.25) is 0 Å². The maximum atomic E-state index is 13.3. The predicted octanol–water partition coefficient (Wildman–Crippen LogP) is 4.53. The molecule has 2 aromatic carbocycles. The van der Waals surface area contributed by atoms with Crippen molar-refractivity contribution < 1.29 is 14.4 Å². The van der Waals surface area contributed by atoms with Gasteiger partial charge in [0.1, 0.15) is 11.9 Å². The van der Waals surface area contributed by atoms with Gasteiger partial charge in [0, 0.05) is 11.3 Å². The van der Waals surface area contributed by atoms with Crippen molar-refractivity contribution in [3.05, 3.63) is 60.7 Å². The summed E-state index contributed by atoms with van der Waals surface area (Å²) in [4.78, 5) is 48.6. The van der Waals surface area contributed by atoms with E-state index in [-0.39, 0.29) is 35.5 Å². The largest absolute Gasteiger partial charge is 0.338 e. The van der Waals surface area contributed by atoms with Crippen LogP contribution in [-0.4, -0.2) is 38.6 Å². The van der Waals surface area contributed by atoms with Crippen LogP contribution in [0.25, 0.3) is 22.4 Å². The molecule has 0 saturated carbocycles. The first-order chi connectivity index (χ1) is 16.4. The number of H-pyrrole nitrogens is 1. The molecule has 2 N–H and O–H groups in total. The van der Waals surface area contributed by atoms with Gasteiger partial charge in [-0.15, -0.1) is 0 Å². The zero-order valence-electron chi connectivity index (χ0n) is 19.3. The summed E-state index contributed by atoms with van der Waals surface area (Å²) in [6.07, 6.45) is 5.46. The van der Waals surface area contributed by atoms with Gasteiger partial charge in [-0.25, -0.2) is 4.98 Å². The summed E-state index contributed by atoms with van der Waals surface area (Å²) >= 11 is 0. The number of allylic oxidation sites excluding steroid dienone is 2. The number of nitrogens with zero attached hydrogens (tertiary/aromatic N) is 2. The Morgan fingerprint density at radius 1 is 1.03 bits per heavy atom. The molecule has 3 unspecified atom stereocenters. The van der Waals surface area contributed by atoms with E-state index >= 15 is 0 Å². The van der Waals surface area contributed by atoms with E-state index in [9.17, 15) is 14.4 Å². The molecule has 0 spiro atoms. The summed E-state index contributed by atoms with van der Waals surface area (Å²) in [5.74, 6) is -0.570. The van der Waals surface area contributed by atoms with Crippen LogP contribution in [-0.2, 0) is 14.4 Å². The Morgan fingerprint density at radius 3 is 2.29 bits per heavy atom. The van der Waals surface area contributed by atoms with Crippen molar-refractivity contribution in [2.24, 2.45) is 17.8 Å². The topological polar surface area (TPSA) is 95.2 Å². The van der Waals surface area contributed by atoms with E-state index in [1.165, 1.54) is 4.90 Å². The van der Waals surface area contributed by atoms with Crippen molar-refractivity contribution in [1.29, 1.82) is 0 Å². The minimum absolute atomic E-state index is 0.146. The molecular formula is C27H28N4O3. The van der Waals surface area contributed by atoms with Crippen LogP contribution in [0.3, 0.4) is 0 Å². The van der Waals surface area contributed by atoms with E-state index in [1.54, 1.807) is 0 Å². The minimum atomic E-state index is -0.819. The minimum Gasteiger partial charge on any atom is -0.338 e. The van der Waals surface area contributed by atoms with Crippen molar-refractivity contribution in [3.63, 3.8) is 0 Å². The Labute approximate surface area is 198 Å². The average molecular weight is 457 g/mol. The van der Waals surface area contributed by atoms with E-state index < -0.39 is 6.04 Å². The number of amides is 3. The number of benzene rings is 2. The van der Waals surface area contributed by atoms with Gasteiger partial charge in [0.25, 0.3) is 0 Å². The number of imidazole rings is 1. The molecule has 3 atom stereocenters. The highest BCUT2D eigenvalue weighted by Crippen LogP contribution is 2.37. The molecule has 174 valence electrons. The van der Waals surface area contributed by atoms with Crippen molar-refractivity contribution in [2.75, 3.05) is 5.32 Å². The molecule has 2 heterocycles. The third-order valence-corrected chi connectivity index (χ3v) is 6.67. The SMILES string of the molecule is CC(C)CC(C(=O)Nc1ccc(-c2nc3ccccc3[nH]2)cc1)N1C(=O)C2CC=CCC2C1=O. The zero-order chi connectivity index (χ0) is 23.8. The molecule has 3 aromatic rings. The Bertz CT molecular complexity index is 1220. The second-order valence-electron chi connectivity index (χ2n) is 9.52. The molecule has 34 heavy (non-hydrogen) atoms. The molecule has 0 radical (unpaired) electrons. The molecule has 1 aliphatic heterocycles. The van der Waals surface area contributed by atoms with Crippen LogP contribution >= 0.6 is 0 Å². The molecule has 0 bridgehead atoms. The number of rotatable bonds is 6. The second kappa shape index (κ2) is 8.89. The van der Waals surface area contributed by atoms with E-state index in [1.807, 2.05) is 74.5 Å². The highest BCUT2D eigenvalue weighted by Gasteiger charge is 2.51. The fourth-order valence-electron chi connectivity index (χ4n) is 4.94. The van der Waals surface area contributed by atoms with Crippen molar-refractivity contribution >= 4 is 34.4 Å². The number of carbonyl (C=O) groups excluding carboxylic acids is 3. The van der Waals surface area contributed by atoms with Gasteiger partial charge in [0.05, 0.1) is 22.9 Å². The molecule has 1 aromatic heterocycles. The normalized spacial score (nSPS) is 20.7. The highest BCUT2D eigenvalue weighted by atomic mass is 16.2. The lowest BCUT2D eigenvalue weighted by molar-refractivity contribution is -0.147. The Morgan fingerprint density at radius 2 is 1.68 bits per heavy atom. The molecule has 7 nitrogen and oxygen atoms in total. The maximum absolute atomic E-state index is 13.3. The number of para-hydroxylation sites is 2. The smallest absolute Gasteiger partial charge is 0.247 e. The number of hydrogen-bond acceptors (Lipinski definition) is 4. The van der Waals surface area contributed by atoms with Gasteiger partial charge in [-0.2, -0.15) is 0 Å². The summed E-state index contributed by atoms with van der Waals surface area (Å²) in [6.45, 7) is 3.98. The molecule has 2 aliphatic rings. The number of nitrogens with one attached hydrogen (secondary N) is 2. The van der Waals surface area contributed by atoms with Crippen molar-refractivity contribution in [1.82, 2.24) is 14.9 Å². The van der Waals surface area contributed by atoms with Crippen LogP contribution in [0.15, 0.2) is 60.7 Å². The van der Waals surface area contributed by atoms with E-state index in [4.69, 9.17) is 0 Å². The number of aromatic amines is 1. The molecular weight excluding hydrogens is 428 g/mol. The van der Waals surface area contributed by atoms with E-state index in [0.717, 1.165) is 22.4 Å². The standard InChI is InChI=1S/C27H28N4O3/c1-16(2)15-23(31-26(33)19-7-3-4-8-20(19)27(31)34)25(32)28-18-13-11-17(12-14-18)24-29-21-9-5-6-10-22(21)30-24/h3-6,9-14,16,19-20,23H,7-8,15H2,1-2H3,(H,28,32)(H,29,30). The second-order valence-corrected chi connectivity index (χ2v) is 9.52. The lowest BCUT2D eigenvalue weighted by Gasteiger charge is -2.27. The van der Waals surface area contributed by atoms with Gasteiger partial charge in [-0.05, 0) is 61.6 Å². The number of likely N-dealkylation sites (tertiary alicyclic amines) is 1. The summed E-state index contributed by atoms with van der Waals surface area (Å²) in [5.41, 5.74) is 3.36. The van der Waals surface area contributed by atoms with Gasteiger partial charge in [0.15, 0.2) is 0 Å². The maximum Gasteiger partial charge on any atom is 0.247 e. The summed E-state index contributed by atoms with van der Waals surface area (Å²) in [6, 6.07) is 14.4. The molecule has 7 heteroatoms. The summed E-state index contributed by atoms with van der Waals surface area (Å²) < 4.78 is 0. The number of carbonyl (C=O) groups is 3. The number of hydrogen-bond donors (Lipinski definition) is 2. The lowest BCUT2D eigenvalue weighted by Crippen LogP contribution is -2.48. The van der Waals surface area contributed by atoms with E-state index in [2.05, 4.69) is 15.3 Å². The fraction of sp³-hybridized carbons (Fsp3) is 0.333. The van der Waals surface area contributed by atoms with E-state index in [0.29, 0.717) is 24.9 Å². The van der Waals surface area contributed by atoms with Crippen LogP contribution in [0.5, 0.6) is 0 Å². The van der Waals surface area contributed by atoms with Gasteiger partial charge in [-0.1, -0.05) is 38.1 Å². The van der Waals surface area contributed by atoms with Gasteiger partial charge in [0.2, 0.25) is 17.7 Å². The van der Waals surface area contributed by atoms with Crippen LogP contribution in [0.1, 0.15) is 33.1 Å². The number of anilines is 1. The van der Waals surface area contributed by atoms with Gasteiger partial charge >= 0.3 is 0 Å². The predicted molar refractivity (Wildman–Crippen MR) is 131 cm³/mol. The monoisotopic (exact) mass is 456 g/mol. The van der Waals surface area contributed by atoms with Crippen molar-refractivity contribution in [2.45, 2.75) is 39.2 Å². The summed E-state index contributed by atoms with van der Waals surface area (Å²) in [7, 11) is 0. The fourth-order valence-corrected chi connectivity index (χ4v) is 4.94. The Hall–Kier alpha value is -3.74. The van der Waals surface area contributed by atoms with Crippen LogP contribution < -0.4 is 5.32 Å².